The highest BCUT2D eigenvalue weighted by atomic mass is 16.5. The number of nitrogens with one attached hydrogen (secondary N) is 3. The Bertz CT molecular complexity index is 845. The van der Waals surface area contributed by atoms with E-state index in [0.29, 0.717) is 22.8 Å². The zero-order valence-electron chi connectivity index (χ0n) is 15.8. The highest BCUT2D eigenvalue weighted by Crippen LogP contribution is 2.27. The Morgan fingerprint density at radius 1 is 0.815 bits per heavy atom. The molecule has 142 valence electrons. The van der Waals surface area contributed by atoms with Gasteiger partial charge < -0.3 is 20.7 Å². The van der Waals surface area contributed by atoms with E-state index in [4.69, 9.17) is 4.74 Å². The summed E-state index contributed by atoms with van der Waals surface area (Å²) in [6.07, 6.45) is 0. The van der Waals surface area contributed by atoms with Gasteiger partial charge in [0.05, 0.1) is 12.8 Å². The van der Waals surface area contributed by atoms with Crippen molar-refractivity contribution in [3.63, 3.8) is 0 Å². The van der Waals surface area contributed by atoms with Crippen molar-refractivity contribution in [3.8, 4) is 5.75 Å². The first kappa shape index (κ1) is 20.0. The van der Waals surface area contributed by atoms with Crippen molar-refractivity contribution in [2.24, 2.45) is 5.41 Å². The molecule has 2 aromatic rings. The number of benzene rings is 2. The minimum absolute atomic E-state index is 0.180. The van der Waals surface area contributed by atoms with Gasteiger partial charge in [0.25, 0.3) is 0 Å². The number of hydrogen-bond acceptors (Lipinski definition) is 4. The maximum atomic E-state index is 12.6. The van der Waals surface area contributed by atoms with Gasteiger partial charge in [0.1, 0.15) is 11.2 Å². The molecule has 0 radical (unpaired) electrons. The first-order valence-corrected chi connectivity index (χ1v) is 8.37. The van der Waals surface area contributed by atoms with E-state index in [1.54, 1.807) is 62.4 Å². The smallest absolute Gasteiger partial charge is 0.239 e. The van der Waals surface area contributed by atoms with Gasteiger partial charge in [-0.1, -0.05) is 12.1 Å². The molecule has 3 N–H and O–H groups in total. The van der Waals surface area contributed by atoms with E-state index < -0.39 is 17.2 Å². The number of anilines is 3. The quantitative estimate of drug-likeness (QED) is 0.681. The van der Waals surface area contributed by atoms with Gasteiger partial charge >= 0.3 is 0 Å². The zero-order chi connectivity index (χ0) is 20.0. The SMILES string of the molecule is COc1ccccc1NC(=O)C(C)(C)C(=O)Nc1ccc(NC(C)=O)cc1. The predicted octanol–water partition coefficient (Wildman–Crippen LogP) is 3.26. The van der Waals surface area contributed by atoms with Gasteiger partial charge in [0, 0.05) is 18.3 Å². The molecule has 0 bridgehead atoms. The summed E-state index contributed by atoms with van der Waals surface area (Å²) < 4.78 is 5.21. The maximum Gasteiger partial charge on any atom is 0.239 e. The van der Waals surface area contributed by atoms with Crippen LogP contribution in [0.15, 0.2) is 48.5 Å². The van der Waals surface area contributed by atoms with Crippen LogP contribution in [0.25, 0.3) is 0 Å². The van der Waals surface area contributed by atoms with Crippen LogP contribution in [0.2, 0.25) is 0 Å². The number of carbonyl (C=O) groups excluding carboxylic acids is 3. The van der Waals surface area contributed by atoms with Crippen molar-refractivity contribution in [1.82, 2.24) is 0 Å². The normalized spacial score (nSPS) is 10.7. The summed E-state index contributed by atoms with van der Waals surface area (Å²) in [4.78, 5) is 36.3. The van der Waals surface area contributed by atoms with Crippen molar-refractivity contribution in [3.05, 3.63) is 48.5 Å². The number of ether oxygens (including phenoxy) is 1. The van der Waals surface area contributed by atoms with E-state index in [1.165, 1.54) is 14.0 Å². The lowest BCUT2D eigenvalue weighted by Gasteiger charge is -2.23. The predicted molar refractivity (Wildman–Crippen MR) is 105 cm³/mol. The molecule has 0 aliphatic carbocycles. The molecule has 0 spiro atoms. The van der Waals surface area contributed by atoms with Crippen LogP contribution >= 0.6 is 0 Å². The van der Waals surface area contributed by atoms with Crippen LogP contribution < -0.4 is 20.7 Å². The highest BCUT2D eigenvalue weighted by molar-refractivity contribution is 6.14. The third-order valence-corrected chi connectivity index (χ3v) is 3.95. The van der Waals surface area contributed by atoms with Crippen molar-refractivity contribution in [2.75, 3.05) is 23.1 Å². The Balaban J connectivity index is 2.07. The van der Waals surface area contributed by atoms with Crippen LogP contribution in [0.3, 0.4) is 0 Å². The lowest BCUT2D eigenvalue weighted by molar-refractivity contribution is -0.135. The lowest BCUT2D eigenvalue weighted by Crippen LogP contribution is -2.41. The Kier molecular flexibility index (Phi) is 6.18. The van der Waals surface area contributed by atoms with E-state index in [9.17, 15) is 14.4 Å². The summed E-state index contributed by atoms with van der Waals surface area (Å²) in [7, 11) is 1.51. The van der Waals surface area contributed by atoms with Crippen molar-refractivity contribution in [1.29, 1.82) is 0 Å². The molecule has 3 amide bonds. The molecule has 0 aromatic heterocycles. The summed E-state index contributed by atoms with van der Waals surface area (Å²) in [5.41, 5.74) is 0.309. The van der Waals surface area contributed by atoms with Crippen molar-refractivity contribution >= 4 is 34.8 Å². The van der Waals surface area contributed by atoms with Gasteiger partial charge in [0.15, 0.2) is 0 Å². The summed E-state index contributed by atoms with van der Waals surface area (Å²) in [5.74, 6) is -0.585. The highest BCUT2D eigenvalue weighted by Gasteiger charge is 2.36. The fourth-order valence-electron chi connectivity index (χ4n) is 2.26. The van der Waals surface area contributed by atoms with Gasteiger partial charge in [-0.15, -0.1) is 0 Å². The van der Waals surface area contributed by atoms with Crippen LogP contribution in [-0.2, 0) is 14.4 Å². The molecule has 0 saturated heterocycles. The van der Waals surface area contributed by atoms with Gasteiger partial charge in [-0.2, -0.15) is 0 Å². The second-order valence-electron chi connectivity index (χ2n) is 6.49. The van der Waals surface area contributed by atoms with E-state index in [1.807, 2.05) is 0 Å². The fourth-order valence-corrected chi connectivity index (χ4v) is 2.26. The lowest BCUT2D eigenvalue weighted by atomic mass is 9.90. The minimum Gasteiger partial charge on any atom is -0.495 e. The van der Waals surface area contributed by atoms with E-state index in [-0.39, 0.29) is 5.91 Å². The van der Waals surface area contributed by atoms with Crippen LogP contribution in [-0.4, -0.2) is 24.8 Å². The summed E-state index contributed by atoms with van der Waals surface area (Å²) >= 11 is 0. The maximum absolute atomic E-state index is 12.6. The van der Waals surface area contributed by atoms with Gasteiger partial charge in [-0.05, 0) is 50.2 Å². The molecule has 0 aliphatic heterocycles. The molecule has 2 aromatic carbocycles. The molecule has 7 nitrogen and oxygen atoms in total. The van der Waals surface area contributed by atoms with Crippen molar-refractivity contribution in [2.45, 2.75) is 20.8 Å². The number of amides is 3. The van der Waals surface area contributed by atoms with Crippen LogP contribution in [0.4, 0.5) is 17.1 Å². The average Bonchev–Trinajstić information content (AvgIpc) is 2.63. The number of methoxy groups -OCH3 is 1. The standard InChI is InChI=1S/C20H23N3O4/c1-13(24)21-14-9-11-15(12-10-14)22-18(25)20(2,3)19(26)23-16-7-5-6-8-17(16)27-4/h5-12H,1-4H3,(H,21,24)(H,22,25)(H,23,26). The van der Waals surface area contributed by atoms with Gasteiger partial charge in [0.2, 0.25) is 17.7 Å². The Morgan fingerprint density at radius 3 is 1.89 bits per heavy atom. The van der Waals surface area contributed by atoms with Crippen LogP contribution in [0.5, 0.6) is 5.75 Å². The Morgan fingerprint density at radius 2 is 1.33 bits per heavy atom. The van der Waals surface area contributed by atoms with Gasteiger partial charge in [-0.25, -0.2) is 0 Å². The molecular formula is C20H23N3O4. The third-order valence-electron chi connectivity index (χ3n) is 3.95. The van der Waals surface area contributed by atoms with E-state index in [0.717, 1.165) is 0 Å². The minimum atomic E-state index is -1.32. The number of para-hydroxylation sites is 2. The van der Waals surface area contributed by atoms with E-state index >= 15 is 0 Å². The average molecular weight is 369 g/mol. The third kappa shape index (κ3) is 5.07. The molecule has 0 atom stereocenters. The summed E-state index contributed by atoms with van der Waals surface area (Å²) in [6, 6.07) is 13.6. The molecule has 0 saturated carbocycles. The molecule has 27 heavy (non-hydrogen) atoms. The first-order valence-electron chi connectivity index (χ1n) is 8.37. The second-order valence-corrected chi connectivity index (χ2v) is 6.49. The number of hydrogen-bond donors (Lipinski definition) is 3. The van der Waals surface area contributed by atoms with Gasteiger partial charge in [-0.3, -0.25) is 14.4 Å². The largest absolute Gasteiger partial charge is 0.495 e. The number of rotatable bonds is 6. The van der Waals surface area contributed by atoms with Crippen LogP contribution in [0.1, 0.15) is 20.8 Å². The first-order chi connectivity index (χ1) is 12.7. The zero-order valence-corrected chi connectivity index (χ0v) is 15.8. The molecule has 0 aliphatic rings. The van der Waals surface area contributed by atoms with Crippen LogP contribution in [0, 0.1) is 5.41 Å². The second kappa shape index (κ2) is 8.35. The molecule has 7 heteroatoms. The Hall–Kier alpha value is -3.35. The monoisotopic (exact) mass is 369 g/mol. The summed E-state index contributed by atoms with van der Waals surface area (Å²) in [5, 5.41) is 8.09. The Labute approximate surface area is 158 Å². The van der Waals surface area contributed by atoms with Crippen molar-refractivity contribution < 1.29 is 19.1 Å². The number of carbonyl (C=O) groups is 3. The molecule has 2 rings (SSSR count). The molecular weight excluding hydrogens is 346 g/mol. The fraction of sp³-hybridized carbons (Fsp3) is 0.250. The van der Waals surface area contributed by atoms with E-state index in [2.05, 4.69) is 16.0 Å². The molecule has 0 fully saturated rings. The summed E-state index contributed by atoms with van der Waals surface area (Å²) in [6.45, 7) is 4.50. The molecule has 0 unspecified atom stereocenters. The molecule has 0 heterocycles. The topological polar surface area (TPSA) is 96.5 Å².